The summed E-state index contributed by atoms with van der Waals surface area (Å²) >= 11 is 6.06. The molecule has 0 bridgehead atoms. The van der Waals surface area contributed by atoms with Gasteiger partial charge in [-0.3, -0.25) is 14.6 Å². The summed E-state index contributed by atoms with van der Waals surface area (Å²) in [6, 6.07) is 1.83. The van der Waals surface area contributed by atoms with Gasteiger partial charge in [0.25, 0.3) is 5.91 Å². The number of amides is 1. The summed E-state index contributed by atoms with van der Waals surface area (Å²) in [5.74, 6) is -0.277. The third-order valence-corrected chi connectivity index (χ3v) is 3.23. The Kier molecular flexibility index (Phi) is 4.41. The van der Waals surface area contributed by atoms with E-state index >= 15 is 0 Å². The number of carbonyl (C=O) groups is 1. The molecule has 0 aliphatic heterocycles. The Bertz CT molecular complexity index is 619. The Hall–Kier alpha value is -1.86. The Morgan fingerprint density at radius 2 is 2.35 bits per heavy atom. The lowest BCUT2D eigenvalue weighted by Gasteiger charge is -2.04. The van der Waals surface area contributed by atoms with Crippen LogP contribution in [0.5, 0.6) is 0 Å². The van der Waals surface area contributed by atoms with Crippen LogP contribution in [0.3, 0.4) is 0 Å². The van der Waals surface area contributed by atoms with Crippen molar-refractivity contribution in [2.45, 2.75) is 20.1 Å². The first-order valence-electron chi connectivity index (χ1n) is 6.02. The molecule has 1 amide bonds. The Morgan fingerprint density at radius 3 is 2.95 bits per heavy atom. The van der Waals surface area contributed by atoms with Crippen LogP contribution in [-0.4, -0.2) is 33.0 Å². The van der Waals surface area contributed by atoms with E-state index in [1.54, 1.807) is 21.1 Å². The van der Waals surface area contributed by atoms with Crippen LogP contribution in [0.15, 0.2) is 6.07 Å². The number of ether oxygens (including phenoxy) is 1. The number of aryl methyl sites for hydroxylation is 2. The predicted molar refractivity (Wildman–Crippen MR) is 73.4 cm³/mol. The second kappa shape index (κ2) is 6.06. The first-order chi connectivity index (χ1) is 9.52. The molecule has 7 nitrogen and oxygen atoms in total. The lowest BCUT2D eigenvalue weighted by molar-refractivity contribution is 0.0941. The molecule has 2 heterocycles. The quantitative estimate of drug-likeness (QED) is 0.868. The first-order valence-corrected chi connectivity index (χ1v) is 6.40. The molecule has 0 saturated carbocycles. The van der Waals surface area contributed by atoms with Crippen molar-refractivity contribution in [3.05, 3.63) is 33.9 Å². The van der Waals surface area contributed by atoms with Crippen LogP contribution in [0.25, 0.3) is 0 Å². The fraction of sp³-hybridized carbons (Fsp3) is 0.417. The maximum Gasteiger partial charge on any atom is 0.271 e. The molecule has 2 N–H and O–H groups in total. The monoisotopic (exact) mass is 297 g/mol. The molecule has 0 radical (unpaired) electrons. The molecular formula is C12H16ClN5O2. The number of hydrogen-bond donors (Lipinski definition) is 2. The first kappa shape index (κ1) is 14.5. The van der Waals surface area contributed by atoms with Crippen molar-refractivity contribution in [1.82, 2.24) is 25.3 Å². The third kappa shape index (κ3) is 3.00. The molecule has 0 atom stereocenters. The zero-order valence-electron chi connectivity index (χ0n) is 11.5. The minimum absolute atomic E-state index is 0.277. The molecule has 8 heteroatoms. The van der Waals surface area contributed by atoms with Gasteiger partial charge in [-0.2, -0.15) is 10.2 Å². The summed E-state index contributed by atoms with van der Waals surface area (Å²) in [6.45, 7) is 2.51. The smallest absolute Gasteiger partial charge is 0.271 e. The average molecular weight is 298 g/mol. The zero-order chi connectivity index (χ0) is 14.7. The second-order valence-electron chi connectivity index (χ2n) is 4.37. The second-order valence-corrected chi connectivity index (χ2v) is 4.75. The Balaban J connectivity index is 2.01. The number of hydrogen-bond acceptors (Lipinski definition) is 4. The van der Waals surface area contributed by atoms with Crippen LogP contribution in [0.2, 0.25) is 5.02 Å². The lowest BCUT2D eigenvalue weighted by Crippen LogP contribution is -2.25. The van der Waals surface area contributed by atoms with Crippen molar-refractivity contribution in [3.8, 4) is 0 Å². The number of halogens is 1. The van der Waals surface area contributed by atoms with Gasteiger partial charge in [-0.1, -0.05) is 11.6 Å². The van der Waals surface area contributed by atoms with Gasteiger partial charge < -0.3 is 10.1 Å². The van der Waals surface area contributed by atoms with Crippen molar-refractivity contribution in [1.29, 1.82) is 0 Å². The van der Waals surface area contributed by atoms with Gasteiger partial charge in [0.2, 0.25) is 0 Å². The van der Waals surface area contributed by atoms with Crippen LogP contribution in [0, 0.1) is 6.92 Å². The summed E-state index contributed by atoms with van der Waals surface area (Å²) in [6.07, 6.45) is 0. The van der Waals surface area contributed by atoms with Crippen molar-refractivity contribution in [2.75, 3.05) is 7.11 Å². The number of aromatic nitrogens is 4. The van der Waals surface area contributed by atoms with Gasteiger partial charge in [0.15, 0.2) is 0 Å². The topological polar surface area (TPSA) is 84.8 Å². The minimum Gasteiger partial charge on any atom is -0.378 e. The number of rotatable bonds is 5. The van der Waals surface area contributed by atoms with Crippen LogP contribution < -0.4 is 5.32 Å². The van der Waals surface area contributed by atoms with E-state index in [2.05, 4.69) is 20.6 Å². The number of nitrogens with zero attached hydrogens (tertiary/aromatic N) is 3. The highest BCUT2D eigenvalue weighted by Crippen LogP contribution is 2.19. The van der Waals surface area contributed by atoms with Crippen molar-refractivity contribution >= 4 is 17.5 Å². The molecular weight excluding hydrogens is 282 g/mol. The van der Waals surface area contributed by atoms with Gasteiger partial charge in [0.05, 0.1) is 35.3 Å². The molecule has 0 spiro atoms. The molecule has 0 unspecified atom stereocenters. The molecule has 108 valence electrons. The van der Waals surface area contributed by atoms with Gasteiger partial charge in [-0.15, -0.1) is 0 Å². The standard InChI is InChI=1S/C12H16ClN5O2/c1-7-10(13)11(18(2)17-7)12(19)14-5-8-4-9(6-20-3)16-15-8/h4H,5-6H2,1-3H3,(H,14,19)(H,15,16). The molecule has 0 aliphatic carbocycles. The lowest BCUT2D eigenvalue weighted by atomic mass is 10.3. The van der Waals surface area contributed by atoms with Crippen LogP contribution in [0.1, 0.15) is 27.6 Å². The van der Waals surface area contributed by atoms with Crippen molar-refractivity contribution in [3.63, 3.8) is 0 Å². The van der Waals surface area contributed by atoms with Gasteiger partial charge in [-0.05, 0) is 13.0 Å². The minimum atomic E-state index is -0.277. The fourth-order valence-electron chi connectivity index (χ4n) is 1.86. The maximum absolute atomic E-state index is 12.1. The molecule has 0 fully saturated rings. The Morgan fingerprint density at radius 1 is 1.60 bits per heavy atom. The summed E-state index contributed by atoms with van der Waals surface area (Å²) in [5.41, 5.74) is 2.55. The van der Waals surface area contributed by atoms with Crippen molar-refractivity contribution in [2.24, 2.45) is 7.05 Å². The number of nitrogens with one attached hydrogen (secondary N) is 2. The molecule has 0 aromatic carbocycles. The van der Waals surface area contributed by atoms with Gasteiger partial charge in [0, 0.05) is 14.2 Å². The maximum atomic E-state index is 12.1. The predicted octanol–water partition coefficient (Wildman–Crippen LogP) is 1.18. The number of methoxy groups -OCH3 is 1. The fourth-order valence-corrected chi connectivity index (χ4v) is 2.11. The number of aromatic amines is 1. The molecule has 0 saturated heterocycles. The summed E-state index contributed by atoms with van der Waals surface area (Å²) < 4.78 is 6.44. The highest BCUT2D eigenvalue weighted by Gasteiger charge is 2.18. The molecule has 20 heavy (non-hydrogen) atoms. The van der Waals surface area contributed by atoms with Crippen molar-refractivity contribution < 1.29 is 9.53 Å². The highest BCUT2D eigenvalue weighted by molar-refractivity contribution is 6.34. The van der Waals surface area contributed by atoms with Crippen LogP contribution >= 0.6 is 11.6 Å². The van der Waals surface area contributed by atoms with Crippen LogP contribution in [0.4, 0.5) is 0 Å². The summed E-state index contributed by atoms with van der Waals surface area (Å²) in [5, 5.41) is 14.1. The molecule has 2 rings (SSSR count). The van der Waals surface area contributed by atoms with E-state index < -0.39 is 0 Å². The van der Waals surface area contributed by atoms with E-state index in [0.717, 1.165) is 11.4 Å². The largest absolute Gasteiger partial charge is 0.378 e. The summed E-state index contributed by atoms with van der Waals surface area (Å²) in [4.78, 5) is 12.1. The van der Waals surface area contributed by atoms with Crippen LogP contribution in [-0.2, 0) is 24.9 Å². The highest BCUT2D eigenvalue weighted by atomic mass is 35.5. The van der Waals surface area contributed by atoms with E-state index in [9.17, 15) is 4.79 Å². The number of carbonyl (C=O) groups excluding carboxylic acids is 1. The molecule has 0 aliphatic rings. The number of H-pyrrole nitrogens is 1. The SMILES string of the molecule is COCc1cc(CNC(=O)c2c(Cl)c(C)nn2C)[nH]n1. The van der Waals surface area contributed by atoms with E-state index in [1.807, 2.05) is 6.07 Å². The van der Waals surface area contributed by atoms with Gasteiger partial charge in [0.1, 0.15) is 5.69 Å². The van der Waals surface area contributed by atoms with E-state index in [0.29, 0.717) is 29.6 Å². The third-order valence-electron chi connectivity index (χ3n) is 2.78. The van der Waals surface area contributed by atoms with E-state index in [1.165, 1.54) is 4.68 Å². The zero-order valence-corrected chi connectivity index (χ0v) is 12.3. The Labute approximate surface area is 121 Å². The normalized spacial score (nSPS) is 10.8. The van der Waals surface area contributed by atoms with Gasteiger partial charge in [-0.25, -0.2) is 0 Å². The molecule has 2 aromatic heterocycles. The van der Waals surface area contributed by atoms with E-state index in [4.69, 9.17) is 16.3 Å². The van der Waals surface area contributed by atoms with Gasteiger partial charge >= 0.3 is 0 Å². The average Bonchev–Trinajstić information content (AvgIpc) is 2.93. The summed E-state index contributed by atoms with van der Waals surface area (Å²) in [7, 11) is 3.28. The van der Waals surface area contributed by atoms with E-state index in [-0.39, 0.29) is 5.91 Å². The molecule has 2 aromatic rings.